The molecule has 104 valence electrons. The predicted octanol–water partition coefficient (Wildman–Crippen LogP) is 3.04. The molecule has 0 radical (unpaired) electrons. The highest BCUT2D eigenvalue weighted by Gasteiger charge is 2.30. The highest BCUT2D eigenvalue weighted by atomic mass is 15.3. The molecule has 2 aromatic rings. The second-order valence-electron chi connectivity index (χ2n) is 6.07. The summed E-state index contributed by atoms with van der Waals surface area (Å²) in [4.78, 5) is 0. The fourth-order valence-corrected chi connectivity index (χ4v) is 3.28. The van der Waals surface area contributed by atoms with Crippen molar-refractivity contribution in [2.24, 2.45) is 0 Å². The van der Waals surface area contributed by atoms with E-state index >= 15 is 0 Å². The predicted molar refractivity (Wildman–Crippen MR) is 80.3 cm³/mol. The smallest absolute Gasteiger partial charge is 0.0648 e. The molecule has 1 unspecified atom stereocenters. The lowest BCUT2D eigenvalue weighted by molar-refractivity contribution is 0.580. The molecule has 0 amide bonds. The molecule has 2 heterocycles. The summed E-state index contributed by atoms with van der Waals surface area (Å²) in [6.45, 7) is 1.17. The van der Waals surface area contributed by atoms with Crippen LogP contribution in [0.3, 0.4) is 0 Å². The Hall–Kier alpha value is -1.61. The van der Waals surface area contributed by atoms with Gasteiger partial charge in [0.1, 0.15) is 0 Å². The van der Waals surface area contributed by atoms with Crippen molar-refractivity contribution in [3.63, 3.8) is 0 Å². The summed E-state index contributed by atoms with van der Waals surface area (Å²) >= 11 is 0. The maximum absolute atomic E-state index is 4.68. The van der Waals surface area contributed by atoms with E-state index in [0.717, 1.165) is 12.3 Å². The molecule has 0 bridgehead atoms. The van der Waals surface area contributed by atoms with E-state index in [1.54, 1.807) is 0 Å². The van der Waals surface area contributed by atoms with Crippen molar-refractivity contribution < 1.29 is 0 Å². The SMILES string of the molecule is c1ccc(-n2ncc(C3CC3)c2CC2CCCN2)cc1. The van der Waals surface area contributed by atoms with Crippen LogP contribution in [0.15, 0.2) is 36.5 Å². The maximum atomic E-state index is 4.68. The zero-order chi connectivity index (χ0) is 13.4. The van der Waals surface area contributed by atoms with Gasteiger partial charge in [-0.3, -0.25) is 0 Å². The van der Waals surface area contributed by atoms with Crippen molar-refractivity contribution in [1.82, 2.24) is 15.1 Å². The summed E-state index contributed by atoms with van der Waals surface area (Å²) in [6.07, 6.45) is 8.50. The van der Waals surface area contributed by atoms with Crippen molar-refractivity contribution in [2.45, 2.75) is 44.1 Å². The minimum Gasteiger partial charge on any atom is -0.314 e. The van der Waals surface area contributed by atoms with Gasteiger partial charge in [-0.2, -0.15) is 5.10 Å². The average Bonchev–Trinajstić information content (AvgIpc) is 3.05. The molecule has 1 aliphatic heterocycles. The first-order chi connectivity index (χ1) is 9.92. The van der Waals surface area contributed by atoms with Gasteiger partial charge in [-0.15, -0.1) is 0 Å². The molecule has 3 heteroatoms. The van der Waals surface area contributed by atoms with Crippen LogP contribution in [0.4, 0.5) is 0 Å². The molecule has 3 nitrogen and oxygen atoms in total. The van der Waals surface area contributed by atoms with Gasteiger partial charge < -0.3 is 5.32 Å². The van der Waals surface area contributed by atoms with Gasteiger partial charge in [-0.05, 0) is 55.8 Å². The van der Waals surface area contributed by atoms with Crippen LogP contribution in [0.1, 0.15) is 42.9 Å². The quantitative estimate of drug-likeness (QED) is 0.922. The number of benzene rings is 1. The van der Waals surface area contributed by atoms with Crippen molar-refractivity contribution in [1.29, 1.82) is 0 Å². The van der Waals surface area contributed by atoms with E-state index in [1.165, 1.54) is 49.2 Å². The summed E-state index contributed by atoms with van der Waals surface area (Å²) in [7, 11) is 0. The second kappa shape index (κ2) is 5.06. The molecule has 0 spiro atoms. The van der Waals surface area contributed by atoms with Gasteiger partial charge in [-0.1, -0.05) is 18.2 Å². The van der Waals surface area contributed by atoms with Gasteiger partial charge in [0.25, 0.3) is 0 Å². The first-order valence-corrected chi connectivity index (χ1v) is 7.77. The minimum absolute atomic E-state index is 0.631. The zero-order valence-electron chi connectivity index (χ0n) is 11.8. The molecule has 4 rings (SSSR count). The Bertz CT molecular complexity index is 578. The lowest BCUT2D eigenvalue weighted by Gasteiger charge is -2.14. The van der Waals surface area contributed by atoms with E-state index in [1.807, 2.05) is 0 Å². The Morgan fingerprint density at radius 3 is 2.70 bits per heavy atom. The normalized spacial score (nSPS) is 22.3. The molecule has 1 saturated carbocycles. The summed E-state index contributed by atoms with van der Waals surface area (Å²) in [5.41, 5.74) is 4.10. The van der Waals surface area contributed by atoms with Gasteiger partial charge in [-0.25, -0.2) is 4.68 Å². The highest BCUT2D eigenvalue weighted by molar-refractivity contribution is 5.37. The molecule has 2 aliphatic rings. The molecule has 1 aromatic carbocycles. The van der Waals surface area contributed by atoms with Crippen molar-refractivity contribution in [2.75, 3.05) is 6.54 Å². The molecule has 1 saturated heterocycles. The van der Waals surface area contributed by atoms with Crippen LogP contribution in [0, 0.1) is 0 Å². The Morgan fingerprint density at radius 1 is 1.15 bits per heavy atom. The van der Waals surface area contributed by atoms with E-state index in [2.05, 4.69) is 51.6 Å². The number of aromatic nitrogens is 2. The van der Waals surface area contributed by atoms with Crippen molar-refractivity contribution >= 4 is 0 Å². The molecular formula is C17H21N3. The lowest BCUT2D eigenvalue weighted by atomic mass is 10.0. The van der Waals surface area contributed by atoms with Crippen LogP contribution < -0.4 is 5.32 Å². The van der Waals surface area contributed by atoms with E-state index < -0.39 is 0 Å². The number of hydrogen-bond donors (Lipinski definition) is 1. The first-order valence-electron chi connectivity index (χ1n) is 7.77. The first kappa shape index (κ1) is 12.2. The summed E-state index contributed by atoms with van der Waals surface area (Å²) in [5.74, 6) is 0.767. The van der Waals surface area contributed by atoms with Gasteiger partial charge in [0.05, 0.1) is 11.9 Å². The fourth-order valence-electron chi connectivity index (χ4n) is 3.28. The summed E-state index contributed by atoms with van der Waals surface area (Å²) < 4.78 is 2.16. The van der Waals surface area contributed by atoms with Gasteiger partial charge in [0.15, 0.2) is 0 Å². The molecule has 1 N–H and O–H groups in total. The third-order valence-electron chi connectivity index (χ3n) is 4.52. The standard InChI is InChI=1S/C17H21N3/c1-2-6-15(7-3-1)20-17(11-14-5-4-10-18-14)16(12-19-20)13-8-9-13/h1-3,6-7,12-14,18H,4-5,8-11H2. The van der Waals surface area contributed by atoms with E-state index in [0.29, 0.717) is 6.04 Å². The van der Waals surface area contributed by atoms with Crippen LogP contribution in [-0.4, -0.2) is 22.4 Å². The van der Waals surface area contributed by atoms with Gasteiger partial charge in [0, 0.05) is 18.2 Å². The molecule has 2 fully saturated rings. The number of nitrogens with one attached hydrogen (secondary N) is 1. The Labute approximate surface area is 120 Å². The lowest BCUT2D eigenvalue weighted by Crippen LogP contribution is -2.25. The largest absolute Gasteiger partial charge is 0.314 e. The minimum atomic E-state index is 0.631. The van der Waals surface area contributed by atoms with Crippen molar-refractivity contribution in [3.05, 3.63) is 47.8 Å². The monoisotopic (exact) mass is 267 g/mol. The zero-order valence-corrected chi connectivity index (χ0v) is 11.8. The molecule has 1 aromatic heterocycles. The molecular weight excluding hydrogens is 246 g/mol. The van der Waals surface area contributed by atoms with Crippen molar-refractivity contribution in [3.8, 4) is 5.69 Å². The Kier molecular flexibility index (Phi) is 3.07. The Morgan fingerprint density at radius 2 is 2.00 bits per heavy atom. The van der Waals surface area contributed by atoms with E-state index in [9.17, 15) is 0 Å². The topological polar surface area (TPSA) is 29.9 Å². The van der Waals surface area contributed by atoms with E-state index in [-0.39, 0.29) is 0 Å². The van der Waals surface area contributed by atoms with Crippen LogP contribution in [0.2, 0.25) is 0 Å². The Balaban J connectivity index is 1.70. The fraction of sp³-hybridized carbons (Fsp3) is 0.471. The average molecular weight is 267 g/mol. The molecule has 1 atom stereocenters. The number of para-hydroxylation sites is 1. The molecule has 1 aliphatic carbocycles. The second-order valence-corrected chi connectivity index (χ2v) is 6.07. The number of rotatable bonds is 4. The summed E-state index contributed by atoms with van der Waals surface area (Å²) in [6, 6.07) is 11.2. The summed E-state index contributed by atoms with van der Waals surface area (Å²) in [5, 5.41) is 8.30. The maximum Gasteiger partial charge on any atom is 0.0648 e. The van der Waals surface area contributed by atoms with Crippen LogP contribution in [0.5, 0.6) is 0 Å². The van der Waals surface area contributed by atoms with E-state index in [4.69, 9.17) is 0 Å². The van der Waals surface area contributed by atoms with Gasteiger partial charge in [0.2, 0.25) is 0 Å². The number of nitrogens with zero attached hydrogens (tertiary/aromatic N) is 2. The number of hydrogen-bond acceptors (Lipinski definition) is 2. The van der Waals surface area contributed by atoms with Crippen LogP contribution in [-0.2, 0) is 6.42 Å². The third-order valence-corrected chi connectivity index (χ3v) is 4.52. The third kappa shape index (κ3) is 2.27. The highest BCUT2D eigenvalue weighted by Crippen LogP contribution is 2.42. The van der Waals surface area contributed by atoms with Crippen LogP contribution >= 0.6 is 0 Å². The molecule has 20 heavy (non-hydrogen) atoms. The van der Waals surface area contributed by atoms with Gasteiger partial charge >= 0.3 is 0 Å². The van der Waals surface area contributed by atoms with Crippen LogP contribution in [0.25, 0.3) is 5.69 Å².